The van der Waals surface area contributed by atoms with Gasteiger partial charge in [-0.2, -0.15) is 0 Å². The van der Waals surface area contributed by atoms with E-state index in [0.717, 1.165) is 30.0 Å². The molecule has 0 fully saturated rings. The summed E-state index contributed by atoms with van der Waals surface area (Å²) in [7, 11) is 0. The number of aliphatic hydroxyl groups is 1. The molecule has 6 nitrogen and oxygen atoms in total. The zero-order chi connectivity index (χ0) is 15.1. The highest BCUT2D eigenvalue weighted by atomic mass is 16.5. The Hall–Kier alpha value is -1.92. The van der Waals surface area contributed by atoms with Crippen LogP contribution in [0.4, 0.5) is 0 Å². The molecule has 1 atom stereocenters. The minimum absolute atomic E-state index is 0.277. The van der Waals surface area contributed by atoms with Gasteiger partial charge in [0.25, 0.3) is 0 Å². The molecule has 0 aliphatic rings. The Morgan fingerprint density at radius 2 is 2.05 bits per heavy atom. The van der Waals surface area contributed by atoms with E-state index in [1.807, 2.05) is 26.0 Å². The smallest absolute Gasteiger partial charge is 0.119 e. The molecule has 114 valence electrons. The first-order valence-electron chi connectivity index (χ1n) is 7.07. The summed E-state index contributed by atoms with van der Waals surface area (Å²) in [6.45, 7) is 6.28. The van der Waals surface area contributed by atoms with E-state index in [-0.39, 0.29) is 6.61 Å². The van der Waals surface area contributed by atoms with E-state index in [1.165, 1.54) is 0 Å². The van der Waals surface area contributed by atoms with Gasteiger partial charge in [0.2, 0.25) is 0 Å². The van der Waals surface area contributed by atoms with E-state index in [4.69, 9.17) is 4.74 Å². The molecule has 21 heavy (non-hydrogen) atoms. The predicted octanol–water partition coefficient (Wildman–Crippen LogP) is 0.924. The molecule has 0 spiro atoms. The van der Waals surface area contributed by atoms with Gasteiger partial charge in [0, 0.05) is 19.3 Å². The number of aliphatic hydroxyl groups excluding tert-OH is 1. The topological polar surface area (TPSA) is 72.2 Å². The third-order valence-electron chi connectivity index (χ3n) is 3.01. The Labute approximate surface area is 124 Å². The number of benzene rings is 1. The van der Waals surface area contributed by atoms with E-state index in [2.05, 4.69) is 21.7 Å². The number of nitrogens with zero attached hydrogens (tertiary/aromatic N) is 3. The lowest BCUT2D eigenvalue weighted by atomic mass is 10.1. The van der Waals surface area contributed by atoms with Gasteiger partial charge in [-0.1, -0.05) is 11.3 Å². The summed E-state index contributed by atoms with van der Waals surface area (Å²) in [4.78, 5) is 0. The Morgan fingerprint density at radius 1 is 1.29 bits per heavy atom. The summed E-state index contributed by atoms with van der Waals surface area (Å²) >= 11 is 0. The lowest BCUT2D eigenvalue weighted by molar-refractivity contribution is 0.106. The molecular formula is C15H22N4O2. The Kier molecular flexibility index (Phi) is 5.71. The third kappa shape index (κ3) is 5.53. The van der Waals surface area contributed by atoms with Crippen LogP contribution in [0, 0.1) is 13.8 Å². The first kappa shape index (κ1) is 15.5. The number of ether oxygens (including phenoxy) is 1. The molecule has 2 rings (SSSR count). The summed E-state index contributed by atoms with van der Waals surface area (Å²) in [5.41, 5.74) is 2.32. The van der Waals surface area contributed by atoms with Crippen LogP contribution in [0.25, 0.3) is 0 Å². The van der Waals surface area contributed by atoms with E-state index in [0.29, 0.717) is 6.54 Å². The number of aryl methyl sites for hydroxylation is 2. The van der Waals surface area contributed by atoms with Crippen molar-refractivity contribution in [2.45, 2.75) is 26.5 Å². The van der Waals surface area contributed by atoms with E-state index in [9.17, 15) is 5.11 Å². The number of aromatic nitrogens is 3. The fourth-order valence-electron chi connectivity index (χ4n) is 2.08. The van der Waals surface area contributed by atoms with Crippen molar-refractivity contribution in [2.75, 3.05) is 19.7 Å². The summed E-state index contributed by atoms with van der Waals surface area (Å²) in [5, 5.41) is 20.6. The molecule has 2 aromatic rings. The molecule has 0 bridgehead atoms. The number of hydrogen-bond acceptors (Lipinski definition) is 5. The second-order valence-corrected chi connectivity index (χ2v) is 5.16. The number of hydrogen-bond donors (Lipinski definition) is 2. The quantitative estimate of drug-likeness (QED) is 0.708. The molecule has 1 aromatic heterocycles. The Bertz CT molecular complexity index is 522. The van der Waals surface area contributed by atoms with E-state index >= 15 is 0 Å². The molecule has 0 aliphatic carbocycles. The van der Waals surface area contributed by atoms with Gasteiger partial charge in [-0.25, -0.2) is 0 Å². The van der Waals surface area contributed by atoms with Crippen LogP contribution >= 0.6 is 0 Å². The van der Waals surface area contributed by atoms with Crippen LogP contribution in [0.1, 0.15) is 11.1 Å². The minimum atomic E-state index is -0.540. The zero-order valence-electron chi connectivity index (χ0n) is 12.5. The minimum Gasteiger partial charge on any atom is -0.491 e. The van der Waals surface area contributed by atoms with Crippen molar-refractivity contribution < 1.29 is 9.84 Å². The van der Waals surface area contributed by atoms with Crippen LogP contribution in [0.15, 0.2) is 30.6 Å². The van der Waals surface area contributed by atoms with Crippen molar-refractivity contribution in [3.05, 3.63) is 41.7 Å². The molecule has 6 heteroatoms. The Morgan fingerprint density at radius 3 is 2.71 bits per heavy atom. The van der Waals surface area contributed by atoms with Crippen LogP contribution in [0.3, 0.4) is 0 Å². The summed E-state index contributed by atoms with van der Waals surface area (Å²) < 4.78 is 7.36. The monoisotopic (exact) mass is 290 g/mol. The highest BCUT2D eigenvalue weighted by molar-refractivity contribution is 5.32. The molecule has 2 N–H and O–H groups in total. The van der Waals surface area contributed by atoms with Gasteiger partial charge >= 0.3 is 0 Å². The van der Waals surface area contributed by atoms with Crippen LogP contribution in [0.5, 0.6) is 5.75 Å². The maximum absolute atomic E-state index is 9.88. The number of rotatable bonds is 8. The SMILES string of the molecule is Cc1cc(C)cc(OCC(O)CNCCn2ccnn2)c1. The van der Waals surface area contributed by atoms with Crippen molar-refractivity contribution in [1.29, 1.82) is 0 Å². The van der Waals surface area contributed by atoms with Gasteiger partial charge in [0.05, 0.1) is 12.7 Å². The second kappa shape index (κ2) is 7.75. The molecule has 0 radical (unpaired) electrons. The lowest BCUT2D eigenvalue weighted by Crippen LogP contribution is -2.33. The highest BCUT2D eigenvalue weighted by Crippen LogP contribution is 2.16. The molecular weight excluding hydrogens is 268 g/mol. The van der Waals surface area contributed by atoms with Crippen LogP contribution < -0.4 is 10.1 Å². The normalized spacial score (nSPS) is 12.3. The third-order valence-corrected chi connectivity index (χ3v) is 3.01. The number of nitrogens with one attached hydrogen (secondary N) is 1. The van der Waals surface area contributed by atoms with Gasteiger partial charge in [-0.3, -0.25) is 4.68 Å². The summed E-state index contributed by atoms with van der Waals surface area (Å²) in [6.07, 6.45) is 2.91. The van der Waals surface area contributed by atoms with Crippen molar-refractivity contribution in [1.82, 2.24) is 20.3 Å². The van der Waals surface area contributed by atoms with Gasteiger partial charge < -0.3 is 15.2 Å². The zero-order valence-corrected chi connectivity index (χ0v) is 12.5. The van der Waals surface area contributed by atoms with Gasteiger partial charge in [0.15, 0.2) is 0 Å². The van der Waals surface area contributed by atoms with Crippen molar-refractivity contribution in [3.8, 4) is 5.75 Å². The van der Waals surface area contributed by atoms with Crippen LogP contribution in [0.2, 0.25) is 0 Å². The molecule has 1 heterocycles. The first-order valence-corrected chi connectivity index (χ1v) is 7.07. The van der Waals surface area contributed by atoms with Gasteiger partial charge in [-0.15, -0.1) is 5.10 Å². The van der Waals surface area contributed by atoms with Gasteiger partial charge in [-0.05, 0) is 37.1 Å². The molecule has 1 unspecified atom stereocenters. The first-order chi connectivity index (χ1) is 10.1. The van der Waals surface area contributed by atoms with E-state index < -0.39 is 6.10 Å². The molecule has 0 saturated heterocycles. The summed E-state index contributed by atoms with van der Waals surface area (Å²) in [6, 6.07) is 6.03. The molecule has 0 saturated carbocycles. The fraction of sp³-hybridized carbons (Fsp3) is 0.467. The molecule has 1 aromatic carbocycles. The lowest BCUT2D eigenvalue weighted by Gasteiger charge is -2.14. The van der Waals surface area contributed by atoms with Crippen molar-refractivity contribution in [2.24, 2.45) is 0 Å². The fourth-order valence-corrected chi connectivity index (χ4v) is 2.08. The van der Waals surface area contributed by atoms with Crippen LogP contribution in [-0.2, 0) is 6.54 Å². The Balaban J connectivity index is 1.64. The summed E-state index contributed by atoms with van der Waals surface area (Å²) in [5.74, 6) is 0.800. The maximum atomic E-state index is 9.88. The largest absolute Gasteiger partial charge is 0.491 e. The maximum Gasteiger partial charge on any atom is 0.119 e. The van der Waals surface area contributed by atoms with Crippen LogP contribution in [-0.4, -0.2) is 45.9 Å². The van der Waals surface area contributed by atoms with Gasteiger partial charge in [0.1, 0.15) is 18.5 Å². The average molecular weight is 290 g/mol. The molecule has 0 aliphatic heterocycles. The standard InChI is InChI=1S/C15H22N4O2/c1-12-7-13(2)9-15(8-12)21-11-14(20)10-16-3-5-19-6-4-17-18-19/h4,6-9,14,16,20H,3,5,10-11H2,1-2H3. The second-order valence-electron chi connectivity index (χ2n) is 5.16. The predicted molar refractivity (Wildman–Crippen MR) is 80.3 cm³/mol. The highest BCUT2D eigenvalue weighted by Gasteiger charge is 2.05. The van der Waals surface area contributed by atoms with Crippen molar-refractivity contribution >= 4 is 0 Å². The molecule has 0 amide bonds. The average Bonchev–Trinajstić information content (AvgIpc) is 2.93. The van der Waals surface area contributed by atoms with Crippen molar-refractivity contribution in [3.63, 3.8) is 0 Å². The van der Waals surface area contributed by atoms with E-state index in [1.54, 1.807) is 17.1 Å².